The summed E-state index contributed by atoms with van der Waals surface area (Å²) in [5.41, 5.74) is 11.0. The zero-order valence-corrected chi connectivity index (χ0v) is 37.0. The first-order chi connectivity index (χ1) is 34.2. The highest BCUT2D eigenvalue weighted by Crippen LogP contribution is 2.44. The third kappa shape index (κ3) is 5.69. The molecular weight excluding hydrogens is 843 g/mol. The second-order valence-corrected chi connectivity index (χ2v) is 18.0. The van der Waals surface area contributed by atoms with Crippen LogP contribution in [0.2, 0.25) is 0 Å². The van der Waals surface area contributed by atoms with Crippen LogP contribution in [0.5, 0.6) is 0 Å². The average Bonchev–Trinajstić information content (AvgIpc) is 4.06. The maximum Gasteiger partial charge on any atom is 0.166 e. The number of para-hydroxylation sites is 3. The van der Waals surface area contributed by atoms with Crippen LogP contribution in [0.25, 0.3) is 143 Å². The van der Waals surface area contributed by atoms with Crippen molar-refractivity contribution in [1.82, 2.24) is 24.1 Å². The fraction of sp³-hybridized carbons (Fsp3) is 0. The van der Waals surface area contributed by atoms with Crippen LogP contribution in [0, 0.1) is 0 Å². The topological polar surface area (TPSA) is 61.7 Å². The van der Waals surface area contributed by atoms with E-state index in [-0.39, 0.29) is 0 Å². The summed E-state index contributed by atoms with van der Waals surface area (Å²) in [7, 11) is 0. The Kier molecular flexibility index (Phi) is 7.97. The Hall–Kier alpha value is -9.39. The summed E-state index contributed by atoms with van der Waals surface area (Å²) in [5, 5.41) is 13.8. The van der Waals surface area contributed by atoms with Gasteiger partial charge < -0.3 is 13.6 Å². The first-order valence-electron chi connectivity index (χ1n) is 23.3. The van der Waals surface area contributed by atoms with Gasteiger partial charge in [0, 0.05) is 65.5 Å². The number of furan rings is 1. The van der Waals surface area contributed by atoms with E-state index in [0.717, 1.165) is 88.2 Å². The van der Waals surface area contributed by atoms with Crippen LogP contribution in [0.15, 0.2) is 229 Å². The van der Waals surface area contributed by atoms with E-state index < -0.39 is 0 Å². The van der Waals surface area contributed by atoms with Crippen molar-refractivity contribution >= 4 is 97.9 Å². The van der Waals surface area contributed by atoms with Crippen LogP contribution in [-0.2, 0) is 0 Å². The van der Waals surface area contributed by atoms with Gasteiger partial charge in [0.1, 0.15) is 11.2 Å². The van der Waals surface area contributed by atoms with E-state index in [1.165, 1.54) is 37.7 Å². The third-order valence-corrected chi connectivity index (χ3v) is 14.1. The highest BCUT2D eigenvalue weighted by molar-refractivity contribution is 6.21. The molecule has 0 atom stereocenters. The molecule has 69 heavy (non-hydrogen) atoms. The van der Waals surface area contributed by atoms with E-state index in [4.69, 9.17) is 19.4 Å². The van der Waals surface area contributed by atoms with Gasteiger partial charge in [0.2, 0.25) is 0 Å². The van der Waals surface area contributed by atoms with E-state index in [1.54, 1.807) is 0 Å². The minimum atomic E-state index is 0.580. The van der Waals surface area contributed by atoms with Gasteiger partial charge >= 0.3 is 0 Å². The fourth-order valence-electron chi connectivity index (χ4n) is 10.9. The third-order valence-electron chi connectivity index (χ3n) is 14.1. The monoisotopic (exact) mass is 879 g/mol. The van der Waals surface area contributed by atoms with Crippen molar-refractivity contribution in [3.63, 3.8) is 0 Å². The molecule has 6 heteroatoms. The van der Waals surface area contributed by atoms with Crippen molar-refractivity contribution in [2.45, 2.75) is 0 Å². The molecule has 0 amide bonds. The Morgan fingerprint density at radius 2 is 0.884 bits per heavy atom. The molecule has 0 spiro atoms. The Bertz CT molecular complexity index is 4510. The lowest BCUT2D eigenvalue weighted by molar-refractivity contribution is 0.672. The van der Waals surface area contributed by atoms with Crippen LogP contribution in [0.3, 0.4) is 0 Å². The molecule has 0 unspecified atom stereocenters. The van der Waals surface area contributed by atoms with Gasteiger partial charge in [-0.3, -0.25) is 0 Å². The normalized spacial score (nSPS) is 12.1. The molecule has 0 aliphatic heterocycles. The summed E-state index contributed by atoms with van der Waals surface area (Å²) in [4.78, 5) is 15.9. The standard InChI is InChI=1S/C63H37N5O/c1-3-16-38(17-4-1)61-64-62(66-63(65-61)49-28-15-27-47-45-24-13-14-29-54(45)67(59(47)49)44-22-5-2-6-23-44)43-30-31-58-52(34-43)53-37-57(46-25-11-12-26-48(46)60(53)69-58)68-55-35-41-20-9-7-18-39(41)32-50(55)51-33-40-19-8-10-21-42(40)36-56(51)68/h1-37H. The number of rotatable bonds is 5. The SMILES string of the molecule is c1ccc(-c2nc(-c3ccc4oc5c6ccccc6c(-n6c7cc8ccccc8cc7c7cc8ccccc8cc76)cc5c4c3)nc(-c3cccc4c5ccccc5n(-c5ccccc5)c34)n2)cc1. The second-order valence-electron chi connectivity index (χ2n) is 18.0. The second kappa shape index (κ2) is 14.6. The first-order valence-corrected chi connectivity index (χ1v) is 23.3. The summed E-state index contributed by atoms with van der Waals surface area (Å²) in [5.74, 6) is 1.78. The zero-order valence-electron chi connectivity index (χ0n) is 37.0. The predicted molar refractivity (Wildman–Crippen MR) is 285 cm³/mol. The smallest absolute Gasteiger partial charge is 0.166 e. The molecule has 0 fully saturated rings. The fourth-order valence-corrected chi connectivity index (χ4v) is 10.9. The number of hydrogen-bond donors (Lipinski definition) is 0. The lowest BCUT2D eigenvalue weighted by atomic mass is 10.0. The summed E-state index contributed by atoms with van der Waals surface area (Å²) in [6.07, 6.45) is 0. The number of aromatic nitrogens is 5. The van der Waals surface area contributed by atoms with Gasteiger partial charge in [-0.05, 0) is 94.3 Å². The lowest BCUT2D eigenvalue weighted by Crippen LogP contribution is -2.02. The molecule has 11 aromatic carbocycles. The number of benzene rings is 11. The van der Waals surface area contributed by atoms with Crippen LogP contribution in [-0.4, -0.2) is 24.1 Å². The Morgan fingerprint density at radius 3 is 1.59 bits per heavy atom. The van der Waals surface area contributed by atoms with Crippen molar-refractivity contribution < 1.29 is 4.42 Å². The van der Waals surface area contributed by atoms with Crippen molar-refractivity contribution in [2.75, 3.05) is 0 Å². The number of nitrogens with zero attached hydrogens (tertiary/aromatic N) is 5. The quantitative estimate of drug-likeness (QED) is 0.173. The van der Waals surface area contributed by atoms with E-state index in [9.17, 15) is 0 Å². The molecule has 0 aliphatic carbocycles. The van der Waals surface area contributed by atoms with E-state index in [2.05, 4.69) is 215 Å². The van der Waals surface area contributed by atoms with Gasteiger partial charge in [0.25, 0.3) is 0 Å². The van der Waals surface area contributed by atoms with Gasteiger partial charge in [-0.25, -0.2) is 15.0 Å². The van der Waals surface area contributed by atoms with Gasteiger partial charge in [-0.1, -0.05) is 152 Å². The molecule has 320 valence electrons. The van der Waals surface area contributed by atoms with Gasteiger partial charge in [-0.2, -0.15) is 0 Å². The molecule has 4 aromatic heterocycles. The maximum atomic E-state index is 6.87. The number of hydrogen-bond acceptors (Lipinski definition) is 4. The van der Waals surface area contributed by atoms with Crippen LogP contribution >= 0.6 is 0 Å². The molecule has 4 heterocycles. The van der Waals surface area contributed by atoms with Crippen molar-refractivity contribution in [3.8, 4) is 45.5 Å². The highest BCUT2D eigenvalue weighted by Gasteiger charge is 2.23. The molecule has 6 nitrogen and oxygen atoms in total. The Labute approximate surface area is 394 Å². The summed E-state index contributed by atoms with van der Waals surface area (Å²) >= 11 is 0. The van der Waals surface area contributed by atoms with Gasteiger partial charge in [0.15, 0.2) is 17.5 Å². The largest absolute Gasteiger partial charge is 0.455 e. The minimum Gasteiger partial charge on any atom is -0.455 e. The molecule has 15 rings (SSSR count). The van der Waals surface area contributed by atoms with Crippen molar-refractivity contribution in [1.29, 1.82) is 0 Å². The van der Waals surface area contributed by atoms with Crippen LogP contribution in [0.4, 0.5) is 0 Å². The summed E-state index contributed by atoms with van der Waals surface area (Å²) < 4.78 is 11.7. The number of fused-ring (bicyclic) bond motifs is 13. The molecule has 0 bridgehead atoms. The van der Waals surface area contributed by atoms with Crippen LogP contribution < -0.4 is 0 Å². The Balaban J connectivity index is 0.988. The first kappa shape index (κ1) is 37.8. The molecule has 0 aliphatic rings. The van der Waals surface area contributed by atoms with Gasteiger partial charge in [0.05, 0.1) is 27.8 Å². The van der Waals surface area contributed by atoms with Crippen LogP contribution in [0.1, 0.15) is 0 Å². The van der Waals surface area contributed by atoms with Crippen molar-refractivity contribution in [2.24, 2.45) is 0 Å². The van der Waals surface area contributed by atoms with Gasteiger partial charge in [-0.15, -0.1) is 0 Å². The summed E-state index contributed by atoms with van der Waals surface area (Å²) in [6, 6.07) is 79.8. The molecule has 15 aromatic rings. The molecular formula is C63H37N5O. The summed E-state index contributed by atoms with van der Waals surface area (Å²) in [6.45, 7) is 0. The van der Waals surface area contributed by atoms with Crippen molar-refractivity contribution in [3.05, 3.63) is 224 Å². The molecule has 0 saturated carbocycles. The average molecular weight is 880 g/mol. The lowest BCUT2D eigenvalue weighted by Gasteiger charge is -2.13. The van der Waals surface area contributed by atoms with E-state index in [0.29, 0.717) is 17.5 Å². The Morgan fingerprint density at radius 1 is 0.319 bits per heavy atom. The predicted octanol–water partition coefficient (Wildman–Crippen LogP) is 16.4. The molecule has 0 N–H and O–H groups in total. The van der Waals surface area contributed by atoms with E-state index in [1.807, 2.05) is 18.2 Å². The minimum absolute atomic E-state index is 0.580. The maximum absolute atomic E-state index is 6.87. The zero-order chi connectivity index (χ0) is 45.2. The molecule has 0 saturated heterocycles. The van der Waals surface area contributed by atoms with E-state index >= 15 is 0 Å². The highest BCUT2D eigenvalue weighted by atomic mass is 16.3. The molecule has 0 radical (unpaired) electrons.